The Labute approximate surface area is 94.0 Å². The predicted octanol–water partition coefficient (Wildman–Crippen LogP) is 2.04. The average Bonchev–Trinajstić information content (AvgIpc) is 2.68. The van der Waals surface area contributed by atoms with Gasteiger partial charge in [0.15, 0.2) is 0 Å². The molecule has 2 rings (SSSR count). The topological polar surface area (TPSA) is 56.7 Å². The monoisotopic (exact) mass is 272 g/mol. The first-order valence-corrected chi connectivity index (χ1v) is 5.62. The molecule has 0 atom stereocenters. The number of hydrogen-bond acceptors (Lipinski definition) is 4. The predicted molar refractivity (Wildman–Crippen MR) is 60.3 cm³/mol. The molecule has 2 aromatic rings. The van der Waals surface area contributed by atoms with Crippen molar-refractivity contribution >= 4 is 33.1 Å². The average molecular weight is 273 g/mol. The molecule has 0 aliphatic carbocycles. The summed E-state index contributed by atoms with van der Waals surface area (Å²) < 4.78 is 6.97. The van der Waals surface area contributed by atoms with Gasteiger partial charge in [-0.15, -0.1) is 0 Å². The van der Waals surface area contributed by atoms with Crippen molar-refractivity contribution in [2.75, 3.05) is 5.73 Å². The van der Waals surface area contributed by atoms with Crippen molar-refractivity contribution in [2.45, 2.75) is 13.5 Å². The van der Waals surface area contributed by atoms with Gasteiger partial charge >= 0.3 is 0 Å². The van der Waals surface area contributed by atoms with Crippen LogP contribution in [-0.2, 0) is 6.54 Å². The van der Waals surface area contributed by atoms with Gasteiger partial charge < -0.3 is 5.73 Å². The van der Waals surface area contributed by atoms with Crippen molar-refractivity contribution in [1.82, 2.24) is 14.2 Å². The summed E-state index contributed by atoms with van der Waals surface area (Å²) >= 11 is 4.89. The summed E-state index contributed by atoms with van der Waals surface area (Å²) in [6, 6.07) is 0. The molecule has 0 spiro atoms. The largest absolute Gasteiger partial charge is 0.396 e. The Bertz CT molecular complexity index is 448. The Balaban J connectivity index is 2.27. The zero-order chi connectivity index (χ0) is 10.1. The van der Waals surface area contributed by atoms with Crippen LogP contribution in [0.15, 0.2) is 16.9 Å². The van der Waals surface area contributed by atoms with Crippen molar-refractivity contribution in [3.63, 3.8) is 0 Å². The molecular formula is C8H9BrN4S. The Hall–Kier alpha value is -0.880. The highest BCUT2D eigenvalue weighted by atomic mass is 79.9. The van der Waals surface area contributed by atoms with Crippen LogP contribution < -0.4 is 5.73 Å². The van der Waals surface area contributed by atoms with Gasteiger partial charge in [0.05, 0.1) is 39.7 Å². The maximum Gasteiger partial charge on any atom is 0.0783 e. The molecule has 0 aromatic carbocycles. The number of aromatic nitrogens is 3. The van der Waals surface area contributed by atoms with Crippen LogP contribution in [0.4, 0.5) is 5.69 Å². The van der Waals surface area contributed by atoms with Crippen LogP contribution >= 0.6 is 27.5 Å². The highest BCUT2D eigenvalue weighted by Gasteiger charge is 2.07. The summed E-state index contributed by atoms with van der Waals surface area (Å²) in [6.07, 6.45) is 3.46. The van der Waals surface area contributed by atoms with E-state index in [0.29, 0.717) is 6.54 Å². The molecule has 6 heteroatoms. The third kappa shape index (κ3) is 1.67. The second-order valence-electron chi connectivity index (χ2n) is 2.94. The standard InChI is InChI=1S/C8H9BrN4S/c1-5-7(10)3-11-13(5)4-8-6(9)2-12-14-8/h2-3H,4,10H2,1H3. The van der Waals surface area contributed by atoms with Crippen molar-refractivity contribution in [1.29, 1.82) is 0 Å². The minimum atomic E-state index is 0.717. The molecule has 2 heterocycles. The molecule has 0 amide bonds. The van der Waals surface area contributed by atoms with Crippen LogP contribution in [0.25, 0.3) is 0 Å². The highest BCUT2D eigenvalue weighted by molar-refractivity contribution is 9.10. The summed E-state index contributed by atoms with van der Waals surface area (Å²) in [5.41, 5.74) is 7.42. The molecular weight excluding hydrogens is 264 g/mol. The Morgan fingerprint density at radius 3 is 2.86 bits per heavy atom. The molecule has 2 aromatic heterocycles. The number of nitrogen functional groups attached to an aromatic ring is 1. The van der Waals surface area contributed by atoms with Crippen LogP contribution in [0.3, 0.4) is 0 Å². The van der Waals surface area contributed by atoms with Gasteiger partial charge in [-0.25, -0.2) is 0 Å². The number of anilines is 1. The first-order valence-electron chi connectivity index (χ1n) is 4.05. The van der Waals surface area contributed by atoms with E-state index in [1.165, 1.54) is 11.5 Å². The van der Waals surface area contributed by atoms with Gasteiger partial charge in [-0.3, -0.25) is 4.68 Å². The minimum absolute atomic E-state index is 0.717. The Kier molecular flexibility index (Phi) is 2.56. The summed E-state index contributed by atoms with van der Waals surface area (Å²) in [4.78, 5) is 1.15. The van der Waals surface area contributed by atoms with E-state index in [9.17, 15) is 0 Å². The van der Waals surface area contributed by atoms with E-state index in [2.05, 4.69) is 25.4 Å². The second-order valence-corrected chi connectivity index (χ2v) is 4.68. The summed E-state index contributed by atoms with van der Waals surface area (Å²) in [5, 5.41) is 4.18. The maximum atomic E-state index is 5.70. The molecule has 0 unspecified atom stereocenters. The third-order valence-corrected chi connectivity index (χ3v) is 3.76. The number of nitrogens with zero attached hydrogens (tertiary/aromatic N) is 3. The number of nitrogens with two attached hydrogens (primary N) is 1. The molecule has 0 bridgehead atoms. The van der Waals surface area contributed by atoms with Crippen LogP contribution in [0.2, 0.25) is 0 Å². The minimum Gasteiger partial charge on any atom is -0.396 e. The molecule has 0 radical (unpaired) electrons. The van der Waals surface area contributed by atoms with E-state index < -0.39 is 0 Å². The molecule has 0 fully saturated rings. The Morgan fingerprint density at radius 1 is 1.57 bits per heavy atom. The van der Waals surface area contributed by atoms with Gasteiger partial charge in [-0.2, -0.15) is 9.47 Å². The Morgan fingerprint density at radius 2 is 2.36 bits per heavy atom. The van der Waals surface area contributed by atoms with E-state index in [0.717, 1.165) is 20.7 Å². The smallest absolute Gasteiger partial charge is 0.0783 e. The fraction of sp³-hybridized carbons (Fsp3) is 0.250. The number of halogens is 1. The van der Waals surface area contributed by atoms with Gasteiger partial charge in [0.1, 0.15) is 0 Å². The summed E-state index contributed by atoms with van der Waals surface area (Å²) in [6.45, 7) is 2.67. The summed E-state index contributed by atoms with van der Waals surface area (Å²) in [7, 11) is 0. The van der Waals surface area contributed by atoms with Crippen molar-refractivity contribution in [3.8, 4) is 0 Å². The lowest BCUT2D eigenvalue weighted by Gasteiger charge is -2.02. The zero-order valence-corrected chi connectivity index (χ0v) is 9.97. The first kappa shape index (κ1) is 9.67. The van der Waals surface area contributed by atoms with Crippen LogP contribution in [0.5, 0.6) is 0 Å². The lowest BCUT2D eigenvalue weighted by Crippen LogP contribution is -2.03. The highest BCUT2D eigenvalue weighted by Crippen LogP contribution is 2.22. The fourth-order valence-corrected chi connectivity index (χ4v) is 2.30. The molecule has 74 valence electrons. The van der Waals surface area contributed by atoms with Crippen LogP contribution in [-0.4, -0.2) is 14.2 Å². The van der Waals surface area contributed by atoms with Gasteiger partial charge in [0.2, 0.25) is 0 Å². The molecule has 4 nitrogen and oxygen atoms in total. The second kappa shape index (κ2) is 3.70. The van der Waals surface area contributed by atoms with Crippen molar-refractivity contribution in [3.05, 3.63) is 27.4 Å². The van der Waals surface area contributed by atoms with Gasteiger partial charge in [-0.1, -0.05) is 0 Å². The van der Waals surface area contributed by atoms with Crippen molar-refractivity contribution in [2.24, 2.45) is 0 Å². The fourth-order valence-electron chi connectivity index (χ4n) is 1.11. The normalized spacial score (nSPS) is 10.7. The maximum absolute atomic E-state index is 5.70. The summed E-state index contributed by atoms with van der Waals surface area (Å²) in [5.74, 6) is 0. The molecule has 0 aliphatic heterocycles. The zero-order valence-electron chi connectivity index (χ0n) is 7.57. The van der Waals surface area contributed by atoms with E-state index in [1.807, 2.05) is 11.6 Å². The number of hydrogen-bond donors (Lipinski definition) is 1. The third-order valence-electron chi connectivity index (χ3n) is 2.03. The molecule has 0 saturated heterocycles. The van der Waals surface area contributed by atoms with E-state index in [1.54, 1.807) is 12.4 Å². The quantitative estimate of drug-likeness (QED) is 0.911. The van der Waals surface area contributed by atoms with Gasteiger partial charge in [-0.05, 0) is 34.4 Å². The van der Waals surface area contributed by atoms with E-state index in [4.69, 9.17) is 5.73 Å². The molecule has 0 saturated carbocycles. The van der Waals surface area contributed by atoms with E-state index in [-0.39, 0.29) is 0 Å². The van der Waals surface area contributed by atoms with E-state index >= 15 is 0 Å². The molecule has 2 N–H and O–H groups in total. The van der Waals surface area contributed by atoms with Gasteiger partial charge in [0, 0.05) is 0 Å². The number of rotatable bonds is 2. The van der Waals surface area contributed by atoms with Crippen LogP contribution in [0.1, 0.15) is 10.6 Å². The van der Waals surface area contributed by atoms with Gasteiger partial charge in [0.25, 0.3) is 0 Å². The SMILES string of the molecule is Cc1c(N)cnn1Cc1sncc1Br. The lowest BCUT2D eigenvalue weighted by atomic mass is 10.4. The first-order chi connectivity index (χ1) is 6.68. The lowest BCUT2D eigenvalue weighted by molar-refractivity contribution is 0.671. The molecule has 0 aliphatic rings. The van der Waals surface area contributed by atoms with Crippen LogP contribution in [0, 0.1) is 6.92 Å². The molecule has 14 heavy (non-hydrogen) atoms. The van der Waals surface area contributed by atoms with Crippen molar-refractivity contribution < 1.29 is 0 Å².